The summed E-state index contributed by atoms with van der Waals surface area (Å²) in [5.74, 6) is -0.520. The van der Waals surface area contributed by atoms with E-state index in [2.05, 4.69) is 55.1 Å². The van der Waals surface area contributed by atoms with E-state index in [1.165, 1.54) is 5.69 Å². The zero-order valence-corrected chi connectivity index (χ0v) is 20.6. The molecule has 0 spiro atoms. The van der Waals surface area contributed by atoms with Gasteiger partial charge < -0.3 is 18.0 Å². The molecule has 0 N–H and O–H groups in total. The Morgan fingerprint density at radius 1 is 0.886 bits per heavy atom. The first-order valence-corrected chi connectivity index (χ1v) is 13.8. The zero-order valence-electron chi connectivity index (χ0n) is 19.6. The lowest BCUT2D eigenvalue weighted by atomic mass is 10.0. The molecule has 2 unspecified atom stereocenters. The molecule has 3 aliphatic rings. The first-order chi connectivity index (χ1) is 17.1. The minimum Gasteiger partial charge on any atom is -0.458 e. The standard InChI is InChI=1S/C28H30NO5Si/c1-2-28(30)31-22-35-32-19-18-29(25-16-10-5-11-17-25,20-26(33-35)23-12-6-3-7-13-23)21-27(34-35)24-14-8-4-9-15-24/h2-17,26-27H,1,18-22H2/q+1. The van der Waals surface area contributed by atoms with Gasteiger partial charge in [0, 0.05) is 6.08 Å². The Kier molecular flexibility index (Phi) is 6.94. The highest BCUT2D eigenvalue weighted by molar-refractivity contribution is 6.61. The Morgan fingerprint density at radius 2 is 1.40 bits per heavy atom. The molecule has 3 aromatic rings. The predicted molar refractivity (Wildman–Crippen MR) is 136 cm³/mol. The number of fused-ring (bicyclic) bond motifs is 6. The molecule has 3 aromatic carbocycles. The van der Waals surface area contributed by atoms with Crippen molar-refractivity contribution in [3.05, 3.63) is 115 Å². The topological polar surface area (TPSA) is 54.0 Å². The lowest BCUT2D eigenvalue weighted by Gasteiger charge is -2.49. The van der Waals surface area contributed by atoms with Gasteiger partial charge in [-0.25, -0.2) is 4.79 Å². The zero-order chi connectivity index (χ0) is 24.1. The molecule has 35 heavy (non-hydrogen) atoms. The van der Waals surface area contributed by atoms with E-state index in [0.717, 1.165) is 23.7 Å². The lowest BCUT2D eigenvalue weighted by Crippen LogP contribution is -2.66. The summed E-state index contributed by atoms with van der Waals surface area (Å²) in [5, 5.41) is 0. The molecule has 0 saturated carbocycles. The average molecular weight is 489 g/mol. The van der Waals surface area contributed by atoms with E-state index in [4.69, 9.17) is 18.0 Å². The molecular weight excluding hydrogens is 458 g/mol. The smallest absolute Gasteiger partial charge is 0.458 e. The van der Waals surface area contributed by atoms with Crippen molar-refractivity contribution in [2.24, 2.45) is 0 Å². The Bertz CT molecular complexity index is 1090. The molecule has 6 rings (SSSR count). The van der Waals surface area contributed by atoms with Gasteiger partial charge in [0.25, 0.3) is 0 Å². The molecule has 0 aliphatic carbocycles. The van der Waals surface area contributed by atoms with Crippen LogP contribution in [0.15, 0.2) is 104 Å². The summed E-state index contributed by atoms with van der Waals surface area (Å²) in [6.45, 7) is 6.15. The molecule has 0 radical (unpaired) electrons. The van der Waals surface area contributed by atoms with Crippen LogP contribution in [0, 0.1) is 0 Å². The van der Waals surface area contributed by atoms with Gasteiger partial charge in [-0.2, -0.15) is 0 Å². The molecule has 2 bridgehead atoms. The first-order valence-electron chi connectivity index (χ1n) is 11.9. The number of para-hydroxylation sites is 1. The molecule has 6 nitrogen and oxygen atoms in total. The molecule has 7 heteroatoms. The fraction of sp³-hybridized carbons (Fsp3) is 0.250. The summed E-state index contributed by atoms with van der Waals surface area (Å²) in [4.78, 5) is 12.0. The van der Waals surface area contributed by atoms with Crippen LogP contribution in [0.1, 0.15) is 23.3 Å². The molecule has 3 fully saturated rings. The van der Waals surface area contributed by atoms with Crippen molar-refractivity contribution >= 4 is 20.5 Å². The van der Waals surface area contributed by atoms with Crippen LogP contribution in [0.25, 0.3) is 0 Å². The summed E-state index contributed by atoms with van der Waals surface area (Å²) in [5.41, 5.74) is 3.29. The van der Waals surface area contributed by atoms with Crippen molar-refractivity contribution in [2.45, 2.75) is 12.2 Å². The molecule has 0 aromatic heterocycles. The first kappa shape index (κ1) is 23.7. The summed E-state index contributed by atoms with van der Waals surface area (Å²) >= 11 is 0. The monoisotopic (exact) mass is 488 g/mol. The third kappa shape index (κ3) is 5.14. The van der Waals surface area contributed by atoms with Crippen molar-refractivity contribution in [1.29, 1.82) is 0 Å². The van der Waals surface area contributed by atoms with Gasteiger partial charge in [0.1, 0.15) is 37.5 Å². The third-order valence-corrected chi connectivity index (χ3v) is 9.15. The van der Waals surface area contributed by atoms with E-state index in [-0.39, 0.29) is 18.4 Å². The average Bonchev–Trinajstić information content (AvgIpc) is 2.89. The van der Waals surface area contributed by atoms with E-state index < -0.39 is 14.8 Å². The Labute approximate surface area is 207 Å². The number of nitrogens with zero attached hydrogens (tertiary/aromatic N) is 1. The highest BCUT2D eigenvalue weighted by atomic mass is 28.4. The molecule has 3 aliphatic heterocycles. The van der Waals surface area contributed by atoms with Crippen LogP contribution in [0.2, 0.25) is 0 Å². The maximum atomic E-state index is 12.0. The second-order valence-corrected chi connectivity index (χ2v) is 11.4. The Morgan fingerprint density at radius 3 is 1.91 bits per heavy atom. The van der Waals surface area contributed by atoms with Gasteiger partial charge in [-0.3, -0.25) is 4.48 Å². The van der Waals surface area contributed by atoms with Gasteiger partial charge in [-0.1, -0.05) is 85.4 Å². The SMILES string of the molecule is C=CC(=O)OC[Si]12OCC[N+](c3ccccc3)(CC(c3ccccc3)O1)CC(c1ccccc1)O2. The van der Waals surface area contributed by atoms with E-state index in [9.17, 15) is 4.79 Å². The van der Waals surface area contributed by atoms with Crippen molar-refractivity contribution in [3.8, 4) is 0 Å². The van der Waals surface area contributed by atoms with Crippen LogP contribution >= 0.6 is 0 Å². The highest BCUT2D eigenvalue weighted by Crippen LogP contribution is 2.40. The number of rotatable bonds is 6. The minimum absolute atomic E-state index is 0.0597. The van der Waals surface area contributed by atoms with Gasteiger partial charge in [0.15, 0.2) is 6.23 Å². The van der Waals surface area contributed by atoms with Crippen molar-refractivity contribution in [3.63, 3.8) is 0 Å². The summed E-state index contributed by atoms with van der Waals surface area (Å²) in [7, 11) is -3.43. The molecule has 2 atom stereocenters. The summed E-state index contributed by atoms with van der Waals surface area (Å²) in [6, 6.07) is 30.8. The third-order valence-electron chi connectivity index (χ3n) is 6.72. The Hall–Kier alpha value is -3.07. The molecular formula is C28H30NO5Si+. The van der Waals surface area contributed by atoms with E-state index in [1.54, 1.807) is 0 Å². The van der Waals surface area contributed by atoms with Crippen molar-refractivity contribution in [1.82, 2.24) is 4.48 Å². The van der Waals surface area contributed by atoms with Gasteiger partial charge in [-0.15, -0.1) is 0 Å². The number of carbonyl (C=O) groups excluding carboxylic acids is 1. The molecule has 0 amide bonds. The van der Waals surface area contributed by atoms with Crippen LogP contribution in [0.5, 0.6) is 0 Å². The van der Waals surface area contributed by atoms with E-state index in [1.807, 2.05) is 42.5 Å². The Balaban J connectivity index is 1.62. The normalized spacial score (nSPS) is 28.3. The number of hydrogen-bond acceptors (Lipinski definition) is 5. The number of carbonyl (C=O) groups is 1. The number of hydrogen-bond donors (Lipinski definition) is 0. The summed E-state index contributed by atoms with van der Waals surface area (Å²) in [6.07, 6.45) is 0.512. The molecule has 3 saturated heterocycles. The van der Waals surface area contributed by atoms with Crippen LogP contribution < -0.4 is 4.48 Å². The lowest BCUT2D eigenvalue weighted by molar-refractivity contribution is -0.140. The largest absolute Gasteiger partial charge is 0.542 e. The number of ether oxygens (including phenoxy) is 1. The fourth-order valence-corrected chi connectivity index (χ4v) is 7.39. The maximum absolute atomic E-state index is 12.0. The fourth-order valence-electron chi connectivity index (χ4n) is 4.97. The molecule has 180 valence electrons. The van der Waals surface area contributed by atoms with Gasteiger partial charge in [0.2, 0.25) is 0 Å². The van der Waals surface area contributed by atoms with Gasteiger partial charge >= 0.3 is 14.8 Å². The number of benzene rings is 3. The van der Waals surface area contributed by atoms with Crippen molar-refractivity contribution < 1.29 is 22.8 Å². The van der Waals surface area contributed by atoms with Crippen LogP contribution in [0.4, 0.5) is 5.69 Å². The van der Waals surface area contributed by atoms with Crippen LogP contribution in [0.3, 0.4) is 0 Å². The molecule has 3 heterocycles. The number of quaternary nitrogens is 1. The highest BCUT2D eigenvalue weighted by Gasteiger charge is 2.55. The maximum Gasteiger partial charge on any atom is 0.542 e. The van der Waals surface area contributed by atoms with E-state index >= 15 is 0 Å². The number of esters is 1. The summed E-state index contributed by atoms with van der Waals surface area (Å²) < 4.78 is 26.2. The van der Waals surface area contributed by atoms with Crippen LogP contribution in [-0.4, -0.2) is 47.2 Å². The van der Waals surface area contributed by atoms with E-state index in [0.29, 0.717) is 24.2 Å². The van der Waals surface area contributed by atoms with Crippen LogP contribution in [-0.2, 0) is 22.8 Å². The second-order valence-electron chi connectivity index (χ2n) is 8.95. The quantitative estimate of drug-likeness (QED) is 0.217. The second kappa shape index (κ2) is 10.3. The van der Waals surface area contributed by atoms with Gasteiger partial charge in [0.05, 0.1) is 6.61 Å². The predicted octanol–water partition coefficient (Wildman–Crippen LogP) is 4.76. The minimum atomic E-state index is -3.43. The van der Waals surface area contributed by atoms with Crippen molar-refractivity contribution in [2.75, 3.05) is 32.5 Å². The van der Waals surface area contributed by atoms with Gasteiger partial charge in [-0.05, 0) is 23.3 Å².